The minimum Gasteiger partial charge on any atom is -0.350 e. The summed E-state index contributed by atoms with van der Waals surface area (Å²) in [7, 11) is 0. The first kappa shape index (κ1) is 15.5. The SMILES string of the molecule is Cc1ccc2[nH]c(C(=O)N(Cc3ccc(C)s3)C3CC3)c(C)c2c1. The highest BCUT2D eigenvalue weighted by Gasteiger charge is 2.34. The predicted octanol–water partition coefficient (Wildman–Crippen LogP) is 4.96. The van der Waals surface area contributed by atoms with Crippen LogP contribution in [0.4, 0.5) is 0 Å². The molecule has 0 radical (unpaired) electrons. The topological polar surface area (TPSA) is 36.1 Å². The first-order valence-electron chi connectivity index (χ1n) is 8.48. The highest BCUT2D eigenvalue weighted by Crippen LogP contribution is 2.32. The van der Waals surface area contributed by atoms with Crippen LogP contribution in [0, 0.1) is 20.8 Å². The fourth-order valence-corrected chi connectivity index (χ4v) is 4.18. The van der Waals surface area contributed by atoms with E-state index in [1.54, 1.807) is 11.3 Å². The zero-order chi connectivity index (χ0) is 16.8. The highest BCUT2D eigenvalue weighted by atomic mass is 32.1. The molecule has 4 heteroatoms. The van der Waals surface area contributed by atoms with Crippen molar-refractivity contribution in [3.05, 3.63) is 56.9 Å². The van der Waals surface area contributed by atoms with Gasteiger partial charge in [-0.25, -0.2) is 0 Å². The van der Waals surface area contributed by atoms with Gasteiger partial charge in [0.25, 0.3) is 5.91 Å². The van der Waals surface area contributed by atoms with Crippen molar-refractivity contribution in [3.8, 4) is 0 Å². The van der Waals surface area contributed by atoms with Crippen LogP contribution in [-0.2, 0) is 6.54 Å². The molecule has 0 aliphatic heterocycles. The Morgan fingerprint density at radius 1 is 1.21 bits per heavy atom. The number of hydrogen-bond donors (Lipinski definition) is 1. The molecule has 1 aliphatic carbocycles. The van der Waals surface area contributed by atoms with Gasteiger partial charge in [0.1, 0.15) is 5.69 Å². The Kier molecular flexibility index (Phi) is 3.72. The van der Waals surface area contributed by atoms with Crippen LogP contribution in [0.25, 0.3) is 10.9 Å². The summed E-state index contributed by atoms with van der Waals surface area (Å²) in [5.74, 6) is 0.134. The molecule has 2 heterocycles. The van der Waals surface area contributed by atoms with Gasteiger partial charge in [0.05, 0.1) is 6.54 Å². The van der Waals surface area contributed by atoms with Crippen LogP contribution in [0.2, 0.25) is 0 Å². The molecule has 0 spiro atoms. The van der Waals surface area contributed by atoms with Crippen LogP contribution in [0.1, 0.15) is 44.2 Å². The van der Waals surface area contributed by atoms with E-state index in [0.29, 0.717) is 6.04 Å². The smallest absolute Gasteiger partial charge is 0.271 e. The number of aromatic nitrogens is 1. The number of rotatable bonds is 4. The zero-order valence-corrected chi connectivity index (χ0v) is 15.2. The molecule has 1 aromatic carbocycles. The Labute approximate surface area is 146 Å². The minimum absolute atomic E-state index is 0.134. The summed E-state index contributed by atoms with van der Waals surface area (Å²) >= 11 is 1.78. The summed E-state index contributed by atoms with van der Waals surface area (Å²) in [4.78, 5) is 21.2. The lowest BCUT2D eigenvalue weighted by molar-refractivity contribution is 0.0726. The van der Waals surface area contributed by atoms with Gasteiger partial charge >= 0.3 is 0 Å². The summed E-state index contributed by atoms with van der Waals surface area (Å²) in [5, 5.41) is 1.15. The maximum atomic E-state index is 13.2. The van der Waals surface area contributed by atoms with Crippen molar-refractivity contribution in [2.45, 2.75) is 46.2 Å². The van der Waals surface area contributed by atoms with E-state index in [-0.39, 0.29) is 5.91 Å². The summed E-state index contributed by atoms with van der Waals surface area (Å²) in [5.41, 5.74) is 4.07. The van der Waals surface area contributed by atoms with E-state index in [4.69, 9.17) is 0 Å². The fourth-order valence-electron chi connectivity index (χ4n) is 3.29. The number of fused-ring (bicyclic) bond motifs is 1. The van der Waals surface area contributed by atoms with Gasteiger partial charge in [-0.3, -0.25) is 4.79 Å². The number of nitrogens with zero attached hydrogens (tertiary/aromatic N) is 1. The van der Waals surface area contributed by atoms with Crippen LogP contribution in [-0.4, -0.2) is 21.8 Å². The van der Waals surface area contributed by atoms with Crippen molar-refractivity contribution in [2.24, 2.45) is 0 Å². The summed E-state index contributed by atoms with van der Waals surface area (Å²) in [6.45, 7) is 6.96. The van der Waals surface area contributed by atoms with E-state index in [1.807, 2.05) is 6.92 Å². The molecule has 3 nitrogen and oxygen atoms in total. The number of amides is 1. The lowest BCUT2D eigenvalue weighted by Crippen LogP contribution is -2.33. The molecular weight excluding hydrogens is 316 g/mol. The Bertz CT molecular complexity index is 917. The molecule has 1 N–H and O–H groups in total. The number of aromatic amines is 1. The van der Waals surface area contributed by atoms with Crippen LogP contribution >= 0.6 is 11.3 Å². The molecule has 0 unspecified atom stereocenters. The first-order chi connectivity index (χ1) is 11.5. The molecular formula is C20H22N2OS. The van der Waals surface area contributed by atoms with Gasteiger partial charge in [-0.1, -0.05) is 11.6 Å². The van der Waals surface area contributed by atoms with Gasteiger partial charge in [-0.15, -0.1) is 11.3 Å². The van der Waals surface area contributed by atoms with Crippen molar-refractivity contribution < 1.29 is 4.79 Å². The van der Waals surface area contributed by atoms with Crippen molar-refractivity contribution in [1.29, 1.82) is 0 Å². The molecule has 1 amide bonds. The zero-order valence-electron chi connectivity index (χ0n) is 14.3. The van der Waals surface area contributed by atoms with Crippen LogP contribution in [0.5, 0.6) is 0 Å². The molecule has 1 saturated carbocycles. The summed E-state index contributed by atoms with van der Waals surface area (Å²) in [6, 6.07) is 11.0. The molecule has 1 aliphatic rings. The molecule has 24 heavy (non-hydrogen) atoms. The monoisotopic (exact) mass is 338 g/mol. The van der Waals surface area contributed by atoms with E-state index in [9.17, 15) is 4.79 Å². The Hall–Kier alpha value is -2.07. The number of H-pyrrole nitrogens is 1. The van der Waals surface area contributed by atoms with Crippen LogP contribution in [0.15, 0.2) is 30.3 Å². The lowest BCUT2D eigenvalue weighted by Gasteiger charge is -2.21. The number of thiophene rings is 1. The number of carbonyl (C=O) groups is 1. The van der Waals surface area contributed by atoms with Crippen LogP contribution < -0.4 is 0 Å². The average Bonchev–Trinajstić information content (AvgIpc) is 3.24. The Balaban J connectivity index is 1.68. The van der Waals surface area contributed by atoms with E-state index < -0.39 is 0 Å². The molecule has 2 aromatic heterocycles. The van der Waals surface area contributed by atoms with Gasteiger partial charge in [0.15, 0.2) is 0 Å². The van der Waals surface area contributed by atoms with Crippen molar-refractivity contribution in [2.75, 3.05) is 0 Å². The summed E-state index contributed by atoms with van der Waals surface area (Å²) in [6.07, 6.45) is 2.24. The number of nitrogens with one attached hydrogen (secondary N) is 1. The van der Waals surface area contributed by atoms with Crippen molar-refractivity contribution in [1.82, 2.24) is 9.88 Å². The fraction of sp³-hybridized carbons (Fsp3) is 0.350. The minimum atomic E-state index is 0.134. The normalized spacial score (nSPS) is 14.3. The highest BCUT2D eigenvalue weighted by molar-refractivity contribution is 7.11. The Morgan fingerprint density at radius 3 is 2.67 bits per heavy atom. The predicted molar refractivity (Wildman–Crippen MR) is 99.7 cm³/mol. The molecule has 0 atom stereocenters. The van der Waals surface area contributed by atoms with Crippen LogP contribution in [0.3, 0.4) is 0 Å². The average molecular weight is 338 g/mol. The third-order valence-electron chi connectivity index (χ3n) is 4.80. The molecule has 0 bridgehead atoms. The third kappa shape index (κ3) is 2.75. The molecule has 0 saturated heterocycles. The van der Waals surface area contributed by atoms with Gasteiger partial charge < -0.3 is 9.88 Å². The number of carbonyl (C=O) groups excluding carboxylic acids is 1. The van der Waals surface area contributed by atoms with E-state index in [1.165, 1.54) is 15.3 Å². The summed E-state index contributed by atoms with van der Waals surface area (Å²) < 4.78 is 0. The molecule has 1 fully saturated rings. The maximum Gasteiger partial charge on any atom is 0.271 e. The Morgan fingerprint density at radius 2 is 2.00 bits per heavy atom. The molecule has 4 rings (SSSR count). The van der Waals surface area contributed by atoms with Gasteiger partial charge in [0, 0.05) is 26.7 Å². The van der Waals surface area contributed by atoms with E-state index in [2.05, 4.69) is 54.1 Å². The van der Waals surface area contributed by atoms with Crippen molar-refractivity contribution in [3.63, 3.8) is 0 Å². The van der Waals surface area contributed by atoms with Gasteiger partial charge in [-0.05, 0) is 63.4 Å². The second-order valence-electron chi connectivity index (χ2n) is 6.85. The number of benzene rings is 1. The van der Waals surface area contributed by atoms with Gasteiger partial charge in [0.2, 0.25) is 0 Å². The number of aryl methyl sites for hydroxylation is 3. The van der Waals surface area contributed by atoms with E-state index in [0.717, 1.165) is 41.5 Å². The second-order valence-corrected chi connectivity index (χ2v) is 8.22. The number of hydrogen-bond acceptors (Lipinski definition) is 2. The second kappa shape index (κ2) is 5.78. The lowest BCUT2D eigenvalue weighted by atomic mass is 10.1. The first-order valence-corrected chi connectivity index (χ1v) is 9.30. The maximum absolute atomic E-state index is 13.2. The third-order valence-corrected chi connectivity index (χ3v) is 5.78. The largest absolute Gasteiger partial charge is 0.350 e. The standard InChI is InChI=1S/C20H22N2OS/c1-12-4-9-18-17(10-12)14(3)19(21-18)20(23)22(15-6-7-15)11-16-8-5-13(2)24-16/h4-5,8-10,15,21H,6-7,11H2,1-3H3. The van der Waals surface area contributed by atoms with E-state index >= 15 is 0 Å². The van der Waals surface area contributed by atoms with Crippen molar-refractivity contribution >= 4 is 28.1 Å². The molecule has 3 aromatic rings. The molecule has 124 valence electrons. The van der Waals surface area contributed by atoms with Gasteiger partial charge in [-0.2, -0.15) is 0 Å². The quantitative estimate of drug-likeness (QED) is 0.717.